The number of nitrogens with two attached hydrogens (primary N) is 1. The van der Waals surface area contributed by atoms with Crippen molar-refractivity contribution in [2.45, 2.75) is 19.6 Å². The van der Waals surface area contributed by atoms with Crippen LogP contribution in [0.2, 0.25) is 0 Å². The molecule has 0 radical (unpaired) electrons. The van der Waals surface area contributed by atoms with Crippen LogP contribution in [0.25, 0.3) is 0 Å². The lowest BCUT2D eigenvalue weighted by atomic mass is 10.1. The molecule has 4 nitrogen and oxygen atoms in total. The number of aromatic hydroxyl groups is 1. The minimum atomic E-state index is -4.61. The lowest BCUT2D eigenvalue weighted by Gasteiger charge is -2.19. The Morgan fingerprint density at radius 3 is 2.53 bits per heavy atom. The van der Waals surface area contributed by atoms with Gasteiger partial charge in [0, 0.05) is 6.54 Å². The maximum atomic E-state index is 12.6. The maximum Gasteiger partial charge on any atom is 0.419 e. The van der Waals surface area contributed by atoms with E-state index in [2.05, 4.69) is 0 Å². The van der Waals surface area contributed by atoms with Crippen molar-refractivity contribution < 1.29 is 23.1 Å². The van der Waals surface area contributed by atoms with Crippen molar-refractivity contribution in [3.63, 3.8) is 0 Å². The highest BCUT2D eigenvalue weighted by Crippen LogP contribution is 2.36. The zero-order chi connectivity index (χ0) is 14.6. The first-order valence-corrected chi connectivity index (χ1v) is 5.63. The molecule has 0 fully saturated rings. The summed E-state index contributed by atoms with van der Waals surface area (Å²) in [6.07, 6.45) is -4.61. The number of phenols is 1. The number of nitrogens with zero attached hydrogens (tertiary/aromatic N) is 1. The normalized spacial score (nSPS) is 11.8. The molecule has 0 heterocycles. The van der Waals surface area contributed by atoms with Crippen LogP contribution in [-0.2, 0) is 17.5 Å². The Morgan fingerprint density at radius 1 is 1.42 bits per heavy atom. The highest BCUT2D eigenvalue weighted by molar-refractivity contribution is 5.75. The molecule has 0 bridgehead atoms. The van der Waals surface area contributed by atoms with Gasteiger partial charge in [0.1, 0.15) is 5.75 Å². The molecule has 1 aromatic carbocycles. The molecule has 1 amide bonds. The molecular formula is C12H15F3N2O2. The first kappa shape index (κ1) is 15.3. The van der Waals surface area contributed by atoms with Gasteiger partial charge < -0.3 is 10.8 Å². The predicted molar refractivity (Wildman–Crippen MR) is 63.3 cm³/mol. The Bertz CT molecular complexity index is 461. The molecule has 0 aromatic heterocycles. The number of alkyl halides is 3. The van der Waals surface area contributed by atoms with Crippen molar-refractivity contribution in [1.82, 2.24) is 4.90 Å². The van der Waals surface area contributed by atoms with Gasteiger partial charge in [0.05, 0.1) is 12.1 Å². The number of likely N-dealkylation sites (N-methyl/N-ethyl adjacent to an activating group) is 1. The topological polar surface area (TPSA) is 66.6 Å². The number of carbonyl (C=O) groups excluding carboxylic acids is 1. The van der Waals surface area contributed by atoms with Gasteiger partial charge in [-0.15, -0.1) is 0 Å². The molecular weight excluding hydrogens is 261 g/mol. The molecule has 0 saturated heterocycles. The van der Waals surface area contributed by atoms with Crippen molar-refractivity contribution >= 4 is 5.91 Å². The lowest BCUT2D eigenvalue weighted by molar-refractivity contribution is -0.138. The first-order valence-electron chi connectivity index (χ1n) is 5.63. The number of carbonyl (C=O) groups is 1. The number of phenolic OH excluding ortho intramolecular Hbond substituents is 1. The molecule has 19 heavy (non-hydrogen) atoms. The third kappa shape index (κ3) is 4.44. The van der Waals surface area contributed by atoms with Crippen LogP contribution in [0.1, 0.15) is 18.1 Å². The quantitative estimate of drug-likeness (QED) is 0.860. The van der Waals surface area contributed by atoms with Crippen LogP contribution in [0.4, 0.5) is 13.2 Å². The monoisotopic (exact) mass is 276 g/mol. The summed E-state index contributed by atoms with van der Waals surface area (Å²) in [6, 6.07) is 3.25. The SMILES string of the molecule is CCN(CC(N)=O)Cc1ccc(O)c(C(F)(F)F)c1. The van der Waals surface area contributed by atoms with Gasteiger partial charge in [-0.05, 0) is 24.2 Å². The Balaban J connectivity index is 2.93. The molecule has 1 rings (SSSR count). The van der Waals surface area contributed by atoms with Crippen molar-refractivity contribution in [2.24, 2.45) is 5.73 Å². The van der Waals surface area contributed by atoms with Gasteiger partial charge in [-0.25, -0.2) is 0 Å². The van der Waals surface area contributed by atoms with Crippen molar-refractivity contribution in [3.8, 4) is 5.75 Å². The zero-order valence-electron chi connectivity index (χ0n) is 10.4. The van der Waals surface area contributed by atoms with E-state index < -0.39 is 23.4 Å². The first-order chi connectivity index (χ1) is 8.74. The molecule has 106 valence electrons. The van der Waals surface area contributed by atoms with Crippen LogP contribution in [0.5, 0.6) is 5.75 Å². The molecule has 0 unspecified atom stereocenters. The van der Waals surface area contributed by atoms with Gasteiger partial charge >= 0.3 is 6.18 Å². The summed E-state index contributed by atoms with van der Waals surface area (Å²) in [5.41, 5.74) is 4.32. The Hall–Kier alpha value is -1.76. The minimum Gasteiger partial charge on any atom is -0.507 e. The van der Waals surface area contributed by atoms with Crippen LogP contribution in [0, 0.1) is 0 Å². The fraction of sp³-hybridized carbons (Fsp3) is 0.417. The molecule has 0 aliphatic heterocycles. The van der Waals surface area contributed by atoms with Gasteiger partial charge in [-0.2, -0.15) is 13.2 Å². The van der Waals surface area contributed by atoms with Crippen LogP contribution in [-0.4, -0.2) is 29.0 Å². The van der Waals surface area contributed by atoms with E-state index in [-0.39, 0.29) is 13.1 Å². The lowest BCUT2D eigenvalue weighted by Crippen LogP contribution is -2.33. The number of rotatable bonds is 5. The van der Waals surface area contributed by atoms with E-state index in [1.807, 2.05) is 0 Å². The van der Waals surface area contributed by atoms with E-state index >= 15 is 0 Å². The number of hydrogen-bond acceptors (Lipinski definition) is 3. The van der Waals surface area contributed by atoms with Gasteiger partial charge in [0.25, 0.3) is 0 Å². The van der Waals surface area contributed by atoms with Gasteiger partial charge in [-0.1, -0.05) is 13.0 Å². The van der Waals surface area contributed by atoms with E-state index in [9.17, 15) is 23.1 Å². The summed E-state index contributed by atoms with van der Waals surface area (Å²) in [7, 11) is 0. The third-order valence-electron chi connectivity index (χ3n) is 2.60. The maximum absolute atomic E-state index is 12.6. The van der Waals surface area contributed by atoms with Gasteiger partial charge in [-0.3, -0.25) is 9.69 Å². The van der Waals surface area contributed by atoms with E-state index in [0.717, 1.165) is 12.1 Å². The summed E-state index contributed by atoms with van der Waals surface area (Å²) < 4.78 is 37.8. The zero-order valence-corrected chi connectivity index (χ0v) is 10.4. The molecule has 0 atom stereocenters. The average Bonchev–Trinajstić information content (AvgIpc) is 2.28. The molecule has 3 N–H and O–H groups in total. The second-order valence-corrected chi connectivity index (χ2v) is 4.12. The van der Waals surface area contributed by atoms with Crippen LogP contribution >= 0.6 is 0 Å². The number of benzene rings is 1. The number of hydrogen-bond donors (Lipinski definition) is 2. The second-order valence-electron chi connectivity index (χ2n) is 4.12. The Morgan fingerprint density at radius 2 is 2.05 bits per heavy atom. The fourth-order valence-electron chi connectivity index (χ4n) is 1.67. The Labute approximate surface area is 108 Å². The summed E-state index contributed by atoms with van der Waals surface area (Å²) in [6.45, 7) is 2.38. The standard InChI is InChI=1S/C12H15F3N2O2/c1-2-17(7-11(16)19)6-8-3-4-10(18)9(5-8)12(13,14)15/h3-5,18H,2,6-7H2,1H3,(H2,16,19). The molecule has 1 aromatic rings. The van der Waals surface area contributed by atoms with Crippen molar-refractivity contribution in [1.29, 1.82) is 0 Å². The summed E-state index contributed by atoms with van der Waals surface area (Å²) >= 11 is 0. The largest absolute Gasteiger partial charge is 0.507 e. The fourth-order valence-corrected chi connectivity index (χ4v) is 1.67. The van der Waals surface area contributed by atoms with Crippen LogP contribution in [0.15, 0.2) is 18.2 Å². The highest BCUT2D eigenvalue weighted by Gasteiger charge is 2.34. The highest BCUT2D eigenvalue weighted by atomic mass is 19.4. The average molecular weight is 276 g/mol. The van der Waals surface area contributed by atoms with Crippen molar-refractivity contribution in [2.75, 3.05) is 13.1 Å². The molecule has 0 aliphatic carbocycles. The third-order valence-corrected chi connectivity index (χ3v) is 2.60. The van der Waals surface area contributed by atoms with Crippen molar-refractivity contribution in [3.05, 3.63) is 29.3 Å². The number of amides is 1. The van der Waals surface area contributed by atoms with Gasteiger partial charge in [0.2, 0.25) is 5.91 Å². The Kier molecular flexibility index (Phi) is 4.77. The van der Waals surface area contributed by atoms with E-state index in [0.29, 0.717) is 12.1 Å². The number of halogens is 3. The summed E-state index contributed by atoms with van der Waals surface area (Å²) in [5, 5.41) is 9.20. The minimum absolute atomic E-state index is 0.0290. The van der Waals surface area contributed by atoms with Crippen LogP contribution in [0.3, 0.4) is 0 Å². The second kappa shape index (κ2) is 5.92. The predicted octanol–water partition coefficient (Wildman–Crippen LogP) is 1.72. The van der Waals surface area contributed by atoms with E-state index in [1.165, 1.54) is 6.07 Å². The smallest absolute Gasteiger partial charge is 0.419 e. The summed E-state index contributed by atoms with van der Waals surface area (Å²) in [4.78, 5) is 12.4. The molecule has 0 saturated carbocycles. The van der Waals surface area contributed by atoms with Gasteiger partial charge in [0.15, 0.2) is 0 Å². The summed E-state index contributed by atoms with van der Waals surface area (Å²) in [5.74, 6) is -1.36. The molecule has 0 aliphatic rings. The molecule has 0 spiro atoms. The van der Waals surface area contributed by atoms with Crippen LogP contribution < -0.4 is 5.73 Å². The number of primary amides is 1. The van der Waals surface area contributed by atoms with E-state index in [1.54, 1.807) is 11.8 Å². The molecule has 7 heteroatoms. The van der Waals surface area contributed by atoms with E-state index in [4.69, 9.17) is 5.73 Å².